The summed E-state index contributed by atoms with van der Waals surface area (Å²) in [5.41, 5.74) is 0.854. The van der Waals surface area contributed by atoms with Crippen molar-refractivity contribution in [2.45, 2.75) is 32.1 Å². The molecule has 0 amide bonds. The highest BCUT2D eigenvalue weighted by Gasteiger charge is 2.15. The number of rotatable bonds is 5. The van der Waals surface area contributed by atoms with Gasteiger partial charge in [0, 0.05) is 28.8 Å². The topological polar surface area (TPSA) is 66.4 Å². The summed E-state index contributed by atoms with van der Waals surface area (Å²) in [6.07, 6.45) is 0.450. The molecular weight excluding hydrogens is 270 g/mol. The summed E-state index contributed by atoms with van der Waals surface area (Å²) in [5.74, 6) is 5.73. The number of nitrogens with one attached hydrogen (secondary N) is 1. The number of aliphatic hydroxyl groups excluding tert-OH is 1. The van der Waals surface area contributed by atoms with Crippen LogP contribution in [-0.2, 0) is 16.6 Å². The van der Waals surface area contributed by atoms with Crippen molar-refractivity contribution in [2.75, 3.05) is 6.61 Å². The summed E-state index contributed by atoms with van der Waals surface area (Å²) in [6.45, 7) is 3.64. The molecule has 2 N–H and O–H groups in total. The zero-order valence-electron chi connectivity index (χ0n) is 10.4. The van der Waals surface area contributed by atoms with E-state index in [1.165, 1.54) is 11.3 Å². The summed E-state index contributed by atoms with van der Waals surface area (Å²) in [6, 6.07) is 1.86. The second kappa shape index (κ2) is 6.90. The van der Waals surface area contributed by atoms with E-state index < -0.39 is 15.3 Å². The lowest BCUT2D eigenvalue weighted by Gasteiger charge is -2.07. The van der Waals surface area contributed by atoms with Crippen molar-refractivity contribution in [3.8, 4) is 11.8 Å². The standard InChI is InChI=1S/C12H17NO3S2/c1-10(2)18(15,16)13-8-12-7-11(9-17-12)5-3-4-6-14/h7,9-10,13-14H,4,6,8H2,1-2H3. The Balaban J connectivity index is 2.58. The lowest BCUT2D eigenvalue weighted by Crippen LogP contribution is -2.29. The molecule has 100 valence electrons. The average molecular weight is 287 g/mol. The first-order chi connectivity index (χ1) is 8.45. The molecule has 6 heteroatoms. The van der Waals surface area contributed by atoms with Crippen LogP contribution < -0.4 is 4.72 Å². The Labute approximate surface area is 112 Å². The zero-order valence-corrected chi connectivity index (χ0v) is 12.1. The predicted molar refractivity (Wildman–Crippen MR) is 73.8 cm³/mol. The van der Waals surface area contributed by atoms with Gasteiger partial charge in [-0.25, -0.2) is 13.1 Å². The second-order valence-electron chi connectivity index (χ2n) is 3.99. The van der Waals surface area contributed by atoms with Crippen molar-refractivity contribution in [1.82, 2.24) is 4.72 Å². The fraction of sp³-hybridized carbons (Fsp3) is 0.500. The third kappa shape index (κ3) is 4.78. The maximum absolute atomic E-state index is 11.6. The average Bonchev–Trinajstić information content (AvgIpc) is 2.75. The molecule has 0 radical (unpaired) electrons. The Hall–Kier alpha value is -0.870. The van der Waals surface area contributed by atoms with Crippen LogP contribution in [0.25, 0.3) is 0 Å². The zero-order chi connectivity index (χ0) is 13.6. The van der Waals surface area contributed by atoms with Gasteiger partial charge in [-0.1, -0.05) is 11.8 Å². The quantitative estimate of drug-likeness (QED) is 0.803. The summed E-state index contributed by atoms with van der Waals surface area (Å²) < 4.78 is 25.7. The Morgan fingerprint density at radius 2 is 2.22 bits per heavy atom. The molecule has 0 atom stereocenters. The molecule has 18 heavy (non-hydrogen) atoms. The largest absolute Gasteiger partial charge is 0.395 e. The molecule has 4 nitrogen and oxygen atoms in total. The molecule has 0 fully saturated rings. The Morgan fingerprint density at radius 1 is 1.50 bits per heavy atom. The van der Waals surface area contributed by atoms with Crippen LogP contribution in [0.5, 0.6) is 0 Å². The summed E-state index contributed by atoms with van der Waals surface area (Å²) in [5, 5.41) is 10.0. The highest BCUT2D eigenvalue weighted by atomic mass is 32.2. The van der Waals surface area contributed by atoms with E-state index in [2.05, 4.69) is 16.6 Å². The highest BCUT2D eigenvalue weighted by Crippen LogP contribution is 2.14. The van der Waals surface area contributed by atoms with E-state index >= 15 is 0 Å². The van der Waals surface area contributed by atoms with Gasteiger partial charge in [0.25, 0.3) is 0 Å². The fourth-order valence-corrected chi connectivity index (χ4v) is 2.63. The van der Waals surface area contributed by atoms with Crippen LogP contribution in [0.1, 0.15) is 30.7 Å². The monoisotopic (exact) mass is 287 g/mol. The van der Waals surface area contributed by atoms with Crippen LogP contribution in [0.4, 0.5) is 0 Å². The van der Waals surface area contributed by atoms with Gasteiger partial charge < -0.3 is 5.11 Å². The van der Waals surface area contributed by atoms with E-state index in [4.69, 9.17) is 5.11 Å². The lowest BCUT2D eigenvalue weighted by molar-refractivity contribution is 0.305. The van der Waals surface area contributed by atoms with E-state index in [1.54, 1.807) is 13.8 Å². The van der Waals surface area contributed by atoms with Gasteiger partial charge >= 0.3 is 0 Å². The predicted octanol–water partition coefficient (Wildman–Crippen LogP) is 1.31. The molecule has 0 aliphatic rings. The van der Waals surface area contributed by atoms with E-state index in [9.17, 15) is 8.42 Å². The van der Waals surface area contributed by atoms with Crippen LogP contribution in [0.3, 0.4) is 0 Å². The van der Waals surface area contributed by atoms with Crippen LogP contribution >= 0.6 is 11.3 Å². The van der Waals surface area contributed by atoms with Crippen molar-refractivity contribution in [1.29, 1.82) is 0 Å². The van der Waals surface area contributed by atoms with Gasteiger partial charge in [-0.3, -0.25) is 0 Å². The van der Waals surface area contributed by atoms with Crippen molar-refractivity contribution in [3.05, 3.63) is 21.9 Å². The van der Waals surface area contributed by atoms with Crippen LogP contribution in [0, 0.1) is 11.8 Å². The van der Waals surface area contributed by atoms with Gasteiger partial charge in [-0.2, -0.15) is 0 Å². The van der Waals surface area contributed by atoms with E-state index in [0.717, 1.165) is 10.4 Å². The molecule has 0 aliphatic carbocycles. The van der Waals surface area contributed by atoms with Crippen molar-refractivity contribution in [3.63, 3.8) is 0 Å². The van der Waals surface area contributed by atoms with Gasteiger partial charge in [0.1, 0.15) is 0 Å². The summed E-state index contributed by atoms with van der Waals surface area (Å²) in [4.78, 5) is 0.924. The van der Waals surface area contributed by atoms with Crippen molar-refractivity contribution >= 4 is 21.4 Å². The van der Waals surface area contributed by atoms with Gasteiger partial charge in [-0.05, 0) is 19.9 Å². The molecule has 0 aliphatic heterocycles. The number of thiophene rings is 1. The summed E-state index contributed by atoms with van der Waals surface area (Å²) in [7, 11) is -3.22. The Kier molecular flexibility index (Phi) is 5.82. The van der Waals surface area contributed by atoms with Crippen LogP contribution in [0.15, 0.2) is 11.4 Å². The minimum absolute atomic E-state index is 0.0538. The minimum Gasteiger partial charge on any atom is -0.395 e. The molecule has 0 bridgehead atoms. The molecule has 0 saturated carbocycles. The minimum atomic E-state index is -3.22. The Bertz CT molecular complexity index is 535. The molecule has 1 rings (SSSR count). The van der Waals surface area contributed by atoms with Crippen LogP contribution in [-0.4, -0.2) is 25.4 Å². The fourth-order valence-electron chi connectivity index (χ4n) is 1.10. The van der Waals surface area contributed by atoms with Gasteiger partial charge in [-0.15, -0.1) is 11.3 Å². The highest BCUT2D eigenvalue weighted by molar-refractivity contribution is 7.90. The lowest BCUT2D eigenvalue weighted by atomic mass is 10.3. The molecule has 0 unspecified atom stereocenters. The van der Waals surface area contributed by atoms with Crippen molar-refractivity contribution in [2.24, 2.45) is 0 Å². The van der Waals surface area contributed by atoms with Gasteiger partial charge in [0.15, 0.2) is 0 Å². The number of hydrogen-bond donors (Lipinski definition) is 2. The SMILES string of the molecule is CC(C)S(=O)(=O)NCc1cc(C#CCCO)cs1. The molecule has 1 heterocycles. The van der Waals surface area contributed by atoms with Gasteiger partial charge in [0.2, 0.25) is 10.0 Å². The maximum Gasteiger partial charge on any atom is 0.214 e. The molecule has 0 saturated heterocycles. The maximum atomic E-state index is 11.6. The number of aliphatic hydroxyl groups is 1. The smallest absolute Gasteiger partial charge is 0.214 e. The van der Waals surface area contributed by atoms with E-state index in [1.807, 2.05) is 11.4 Å². The number of sulfonamides is 1. The second-order valence-corrected chi connectivity index (χ2v) is 7.31. The molecule has 0 aromatic carbocycles. The van der Waals surface area contributed by atoms with Crippen molar-refractivity contribution < 1.29 is 13.5 Å². The van der Waals surface area contributed by atoms with E-state index in [0.29, 0.717) is 13.0 Å². The number of hydrogen-bond acceptors (Lipinski definition) is 4. The molecular formula is C12H17NO3S2. The molecule has 1 aromatic rings. The molecule has 0 spiro atoms. The Morgan fingerprint density at radius 3 is 2.83 bits per heavy atom. The summed E-state index contributed by atoms with van der Waals surface area (Å²) >= 11 is 1.47. The first-order valence-corrected chi connectivity index (χ1v) is 8.04. The normalized spacial score (nSPS) is 11.3. The molecule has 1 aromatic heterocycles. The van der Waals surface area contributed by atoms with Crippen LogP contribution in [0.2, 0.25) is 0 Å². The third-order valence-corrected chi connectivity index (χ3v) is 4.92. The van der Waals surface area contributed by atoms with Gasteiger partial charge in [0.05, 0.1) is 11.9 Å². The third-order valence-electron chi connectivity index (χ3n) is 2.19. The first kappa shape index (κ1) is 15.2. The van der Waals surface area contributed by atoms with E-state index in [-0.39, 0.29) is 6.61 Å². The first-order valence-electron chi connectivity index (χ1n) is 5.61.